The number of hydrogen-bond donors (Lipinski definition) is 5. The maximum atomic E-state index is 12.4. The van der Waals surface area contributed by atoms with Gasteiger partial charge in [0.05, 0.1) is 12.4 Å². The number of nitrogens with zero attached hydrogens (tertiary/aromatic N) is 4. The van der Waals surface area contributed by atoms with Crippen LogP contribution in [0, 0.1) is 0 Å². The van der Waals surface area contributed by atoms with Crippen molar-refractivity contribution in [3.63, 3.8) is 0 Å². The molecule has 1 fully saturated rings. The van der Waals surface area contributed by atoms with Crippen LogP contribution in [0.25, 0.3) is 11.2 Å². The average Bonchev–Trinajstić information content (AvgIpc) is 3.31. The molecule has 0 bridgehead atoms. The number of imidazole rings is 1. The van der Waals surface area contributed by atoms with Crippen LogP contribution in [0.15, 0.2) is 35.7 Å². The Balaban J connectivity index is 1.47. The summed E-state index contributed by atoms with van der Waals surface area (Å²) in [7, 11) is 0. The number of rotatable bonds is 8. The summed E-state index contributed by atoms with van der Waals surface area (Å²) in [4.78, 5) is 24.9. The van der Waals surface area contributed by atoms with Crippen LogP contribution in [0.4, 0.5) is 5.82 Å². The molecule has 13 heteroatoms. The monoisotopic (exact) mass is 494 g/mol. The van der Waals surface area contributed by atoms with Crippen LogP contribution in [0.2, 0.25) is 5.02 Å². The molecule has 1 aliphatic heterocycles. The minimum Gasteiger partial charge on any atom is -0.394 e. The molecule has 4 atom stereocenters. The predicted molar refractivity (Wildman–Crippen MR) is 122 cm³/mol. The van der Waals surface area contributed by atoms with Crippen LogP contribution in [-0.4, -0.2) is 78.0 Å². The Bertz CT molecular complexity index is 1130. The van der Waals surface area contributed by atoms with E-state index in [0.717, 1.165) is 17.3 Å². The number of aliphatic hydroxyl groups is 3. The lowest BCUT2D eigenvalue weighted by atomic mass is 10.1. The first kappa shape index (κ1) is 23.7. The predicted octanol–water partition coefficient (Wildman–Crippen LogP) is 0.124. The number of nitrogens with one attached hydrogen (secondary N) is 1. The molecule has 33 heavy (non-hydrogen) atoms. The summed E-state index contributed by atoms with van der Waals surface area (Å²) in [6, 6.07) is 7.40. The van der Waals surface area contributed by atoms with Crippen molar-refractivity contribution in [1.82, 2.24) is 24.8 Å². The number of aliphatic hydroxyl groups excluding tert-OH is 3. The Morgan fingerprint density at radius 1 is 1.24 bits per heavy atom. The second kappa shape index (κ2) is 10.2. The van der Waals surface area contributed by atoms with Crippen molar-refractivity contribution in [3.8, 4) is 0 Å². The van der Waals surface area contributed by atoms with Crippen molar-refractivity contribution in [3.05, 3.63) is 41.2 Å². The first-order valence-electron chi connectivity index (χ1n) is 10.1. The minimum atomic E-state index is -1.34. The number of ether oxygens (including phenoxy) is 1. The lowest BCUT2D eigenvalue weighted by molar-refractivity contribution is -0.118. The molecule has 0 saturated carbocycles. The van der Waals surface area contributed by atoms with E-state index in [0.29, 0.717) is 23.1 Å². The fourth-order valence-corrected chi connectivity index (χ4v) is 4.48. The maximum absolute atomic E-state index is 12.4. The zero-order valence-corrected chi connectivity index (χ0v) is 18.9. The van der Waals surface area contributed by atoms with Crippen LogP contribution in [-0.2, 0) is 16.0 Å². The fourth-order valence-electron chi connectivity index (χ4n) is 3.51. The molecular weight excluding hydrogens is 472 g/mol. The summed E-state index contributed by atoms with van der Waals surface area (Å²) in [5, 5.41) is 33.9. The van der Waals surface area contributed by atoms with Gasteiger partial charge >= 0.3 is 0 Å². The Morgan fingerprint density at radius 3 is 2.70 bits per heavy atom. The van der Waals surface area contributed by atoms with Crippen LogP contribution in [0.3, 0.4) is 0 Å². The maximum Gasteiger partial charge on any atom is 0.230 e. The molecule has 0 spiro atoms. The van der Waals surface area contributed by atoms with E-state index in [2.05, 4.69) is 20.3 Å². The summed E-state index contributed by atoms with van der Waals surface area (Å²) >= 11 is 6.98. The SMILES string of the molecule is Nc1ncnc2c1nc(SCC(=O)NCCc1ccc(Cl)cc1)n2[C@@H]1O[C@H](CO)[C@@H](O)[C@H]1O. The molecule has 0 aliphatic carbocycles. The van der Waals surface area contributed by atoms with Gasteiger partial charge in [-0.25, -0.2) is 15.0 Å². The van der Waals surface area contributed by atoms with E-state index in [1.165, 1.54) is 10.9 Å². The number of carbonyl (C=O) groups is 1. The smallest absolute Gasteiger partial charge is 0.230 e. The van der Waals surface area contributed by atoms with Crippen molar-refractivity contribution in [1.29, 1.82) is 0 Å². The number of aromatic nitrogens is 4. The molecule has 0 radical (unpaired) electrons. The number of thioether (sulfide) groups is 1. The fraction of sp³-hybridized carbons (Fsp3) is 0.400. The van der Waals surface area contributed by atoms with Gasteiger partial charge in [-0.15, -0.1) is 0 Å². The zero-order chi connectivity index (χ0) is 23.5. The van der Waals surface area contributed by atoms with E-state index in [1.54, 1.807) is 12.1 Å². The number of hydrogen-bond acceptors (Lipinski definition) is 10. The molecular formula is C20H23ClN6O5S. The molecule has 0 unspecified atom stereocenters. The lowest BCUT2D eigenvalue weighted by Crippen LogP contribution is -2.33. The van der Waals surface area contributed by atoms with E-state index in [9.17, 15) is 20.1 Å². The Hall–Kier alpha value is -2.48. The van der Waals surface area contributed by atoms with Gasteiger partial charge in [-0.05, 0) is 24.1 Å². The van der Waals surface area contributed by atoms with Crippen LogP contribution < -0.4 is 11.1 Å². The molecule has 1 aliphatic rings. The van der Waals surface area contributed by atoms with Crippen LogP contribution in [0.5, 0.6) is 0 Å². The van der Waals surface area contributed by atoms with Gasteiger partial charge in [-0.1, -0.05) is 35.5 Å². The topological polar surface area (TPSA) is 169 Å². The van der Waals surface area contributed by atoms with Crippen molar-refractivity contribution in [2.75, 3.05) is 24.6 Å². The standard InChI is InChI=1S/C20H23ClN6O5S/c21-11-3-1-10(2-4-11)5-6-23-13(29)8-33-20-26-14-17(22)24-9-25-18(14)27(20)19-16(31)15(30)12(7-28)32-19/h1-4,9,12,15-16,19,28,30-31H,5-8H2,(H,23,29)(H2,22,24,25)/t12-,15-,16-,19-/m1/s1. The van der Waals surface area contributed by atoms with Gasteiger partial charge in [0.1, 0.15) is 24.6 Å². The van der Waals surface area contributed by atoms with Crippen LogP contribution >= 0.6 is 23.4 Å². The number of anilines is 1. The number of halogens is 1. The molecule has 1 aromatic carbocycles. The molecule has 3 heterocycles. The van der Waals surface area contributed by atoms with Gasteiger partial charge < -0.3 is 31.1 Å². The molecule has 176 valence electrons. The quantitative estimate of drug-likeness (QED) is 0.271. The van der Waals surface area contributed by atoms with Gasteiger partial charge in [0.25, 0.3) is 0 Å². The van der Waals surface area contributed by atoms with Crippen molar-refractivity contribution >= 4 is 46.3 Å². The zero-order valence-electron chi connectivity index (χ0n) is 17.3. The third kappa shape index (κ3) is 5.05. The summed E-state index contributed by atoms with van der Waals surface area (Å²) in [5.74, 6) is -0.0564. The third-order valence-electron chi connectivity index (χ3n) is 5.23. The van der Waals surface area contributed by atoms with E-state index in [-0.39, 0.29) is 28.6 Å². The van der Waals surface area contributed by atoms with Gasteiger partial charge in [0.2, 0.25) is 5.91 Å². The molecule has 11 nitrogen and oxygen atoms in total. The highest BCUT2D eigenvalue weighted by atomic mass is 35.5. The highest BCUT2D eigenvalue weighted by Crippen LogP contribution is 2.36. The number of nitrogens with two attached hydrogens (primary N) is 1. The minimum absolute atomic E-state index is 0.0338. The second-order valence-electron chi connectivity index (χ2n) is 7.44. The van der Waals surface area contributed by atoms with Crippen molar-refractivity contribution in [2.45, 2.75) is 36.1 Å². The molecule has 1 saturated heterocycles. The average molecular weight is 495 g/mol. The number of nitrogen functional groups attached to an aromatic ring is 1. The normalized spacial score (nSPS) is 22.7. The highest BCUT2D eigenvalue weighted by molar-refractivity contribution is 7.99. The van der Waals surface area contributed by atoms with E-state index < -0.39 is 31.1 Å². The molecule has 6 N–H and O–H groups in total. The van der Waals surface area contributed by atoms with Gasteiger partial charge in [-0.2, -0.15) is 0 Å². The van der Waals surface area contributed by atoms with Gasteiger partial charge in [0, 0.05) is 11.6 Å². The first-order valence-corrected chi connectivity index (χ1v) is 11.5. The first-order chi connectivity index (χ1) is 15.9. The summed E-state index contributed by atoms with van der Waals surface area (Å²) in [6.07, 6.45) is -2.80. The lowest BCUT2D eigenvalue weighted by Gasteiger charge is -2.19. The van der Waals surface area contributed by atoms with Gasteiger partial charge in [0.15, 0.2) is 28.4 Å². The largest absolute Gasteiger partial charge is 0.394 e. The number of benzene rings is 1. The summed E-state index contributed by atoms with van der Waals surface area (Å²) in [5.41, 5.74) is 7.53. The highest BCUT2D eigenvalue weighted by Gasteiger charge is 2.45. The second-order valence-corrected chi connectivity index (χ2v) is 8.82. The molecule has 3 aromatic rings. The Labute approximate surface area is 198 Å². The molecule has 1 amide bonds. The number of amides is 1. The number of fused-ring (bicyclic) bond motifs is 1. The van der Waals surface area contributed by atoms with E-state index >= 15 is 0 Å². The molecule has 4 rings (SSSR count). The Morgan fingerprint density at radius 2 is 2.00 bits per heavy atom. The van der Waals surface area contributed by atoms with Crippen LogP contribution in [0.1, 0.15) is 11.8 Å². The molecule has 2 aromatic heterocycles. The Kier molecular flexibility index (Phi) is 7.32. The van der Waals surface area contributed by atoms with Crippen molar-refractivity contribution in [2.24, 2.45) is 0 Å². The number of carbonyl (C=O) groups excluding carboxylic acids is 1. The van der Waals surface area contributed by atoms with E-state index in [1.807, 2.05) is 12.1 Å². The van der Waals surface area contributed by atoms with Gasteiger partial charge in [-0.3, -0.25) is 9.36 Å². The summed E-state index contributed by atoms with van der Waals surface area (Å²) < 4.78 is 7.11. The van der Waals surface area contributed by atoms with Crippen molar-refractivity contribution < 1.29 is 24.9 Å². The third-order valence-corrected chi connectivity index (χ3v) is 6.43. The summed E-state index contributed by atoms with van der Waals surface area (Å²) in [6.45, 7) is -0.0261. The van der Waals surface area contributed by atoms with E-state index in [4.69, 9.17) is 22.1 Å².